The van der Waals surface area contributed by atoms with E-state index in [2.05, 4.69) is 33.7 Å². The van der Waals surface area contributed by atoms with E-state index in [0.717, 1.165) is 35.8 Å². The van der Waals surface area contributed by atoms with E-state index in [4.69, 9.17) is 4.74 Å². The van der Waals surface area contributed by atoms with Gasteiger partial charge in [0, 0.05) is 18.9 Å². The first-order valence-electron chi connectivity index (χ1n) is 9.77. The van der Waals surface area contributed by atoms with Gasteiger partial charge in [-0.3, -0.25) is 4.99 Å². The van der Waals surface area contributed by atoms with Gasteiger partial charge < -0.3 is 10.1 Å². The number of fused-ring (bicyclic) bond motifs is 2. The van der Waals surface area contributed by atoms with Gasteiger partial charge in [-0.2, -0.15) is 5.10 Å². The molecule has 0 radical (unpaired) electrons. The van der Waals surface area contributed by atoms with Crippen LogP contribution in [0.2, 0.25) is 0 Å². The Kier molecular flexibility index (Phi) is 3.59. The van der Waals surface area contributed by atoms with Crippen LogP contribution in [0.3, 0.4) is 0 Å². The maximum atomic E-state index is 5.76. The molecule has 5 heteroatoms. The Morgan fingerprint density at radius 1 is 1.23 bits per heavy atom. The van der Waals surface area contributed by atoms with Gasteiger partial charge in [0.05, 0.1) is 18.7 Å². The molecule has 5 nitrogen and oxygen atoms in total. The van der Waals surface area contributed by atoms with Crippen molar-refractivity contribution in [1.29, 1.82) is 0 Å². The van der Waals surface area contributed by atoms with Crippen LogP contribution < -0.4 is 10.1 Å². The highest BCUT2D eigenvalue weighted by atomic mass is 16.5. The van der Waals surface area contributed by atoms with Gasteiger partial charge in [-0.1, -0.05) is 19.3 Å². The second-order valence-corrected chi connectivity index (χ2v) is 7.90. The van der Waals surface area contributed by atoms with Crippen molar-refractivity contribution in [3.8, 4) is 11.4 Å². The number of nitrogens with one attached hydrogen (secondary N) is 1. The van der Waals surface area contributed by atoms with Crippen molar-refractivity contribution in [2.24, 2.45) is 4.99 Å². The molecule has 3 aliphatic rings. The fraction of sp³-hybridized carbons (Fsp3) is 0.524. The van der Waals surface area contributed by atoms with Gasteiger partial charge in [0.15, 0.2) is 0 Å². The van der Waals surface area contributed by atoms with Crippen LogP contribution in [0, 0.1) is 0 Å². The minimum Gasteiger partial charge on any atom is -0.494 e. The van der Waals surface area contributed by atoms with E-state index in [0.29, 0.717) is 5.92 Å². The fourth-order valence-electron chi connectivity index (χ4n) is 5.03. The van der Waals surface area contributed by atoms with Gasteiger partial charge >= 0.3 is 0 Å². The summed E-state index contributed by atoms with van der Waals surface area (Å²) in [5.41, 5.74) is 4.90. The van der Waals surface area contributed by atoms with E-state index >= 15 is 0 Å². The van der Waals surface area contributed by atoms with Crippen molar-refractivity contribution in [2.45, 2.75) is 56.3 Å². The number of ether oxygens (including phenoxy) is 1. The second-order valence-electron chi connectivity index (χ2n) is 7.90. The van der Waals surface area contributed by atoms with Crippen LogP contribution >= 0.6 is 0 Å². The number of rotatable bonds is 3. The van der Waals surface area contributed by atoms with Crippen LogP contribution in [0.4, 0.5) is 5.69 Å². The van der Waals surface area contributed by atoms with Crippen LogP contribution in [0.25, 0.3) is 5.69 Å². The number of anilines is 1. The topological polar surface area (TPSA) is 51.4 Å². The summed E-state index contributed by atoms with van der Waals surface area (Å²) in [4.78, 5) is 4.53. The maximum Gasteiger partial charge on any atom is 0.144 e. The van der Waals surface area contributed by atoms with Crippen molar-refractivity contribution in [1.82, 2.24) is 9.78 Å². The van der Waals surface area contributed by atoms with Gasteiger partial charge in [-0.25, -0.2) is 4.68 Å². The molecule has 0 atom stereocenters. The molecule has 0 amide bonds. The lowest BCUT2D eigenvalue weighted by atomic mass is 9.65. The Balaban J connectivity index is 1.57. The summed E-state index contributed by atoms with van der Waals surface area (Å²) in [6.07, 6.45) is 13.0. The highest BCUT2D eigenvalue weighted by Crippen LogP contribution is 2.53. The Bertz CT molecular complexity index is 872. The average molecular weight is 350 g/mol. The lowest BCUT2D eigenvalue weighted by Crippen LogP contribution is -2.41. The molecule has 26 heavy (non-hydrogen) atoms. The van der Waals surface area contributed by atoms with E-state index in [9.17, 15) is 0 Å². The van der Waals surface area contributed by atoms with E-state index < -0.39 is 0 Å². The van der Waals surface area contributed by atoms with Gasteiger partial charge in [-0.15, -0.1) is 0 Å². The highest BCUT2D eigenvalue weighted by molar-refractivity contribution is 6.10. The first kappa shape index (κ1) is 15.9. The maximum absolute atomic E-state index is 5.76. The van der Waals surface area contributed by atoms with Crippen molar-refractivity contribution < 1.29 is 4.74 Å². The third kappa shape index (κ3) is 2.15. The predicted molar refractivity (Wildman–Crippen MR) is 104 cm³/mol. The fourth-order valence-corrected chi connectivity index (χ4v) is 5.03. The van der Waals surface area contributed by atoms with Crippen LogP contribution in [0.15, 0.2) is 29.5 Å². The molecular formula is C21H26N4O. The predicted octanol–water partition coefficient (Wildman–Crippen LogP) is 4.41. The van der Waals surface area contributed by atoms with Crippen molar-refractivity contribution in [3.05, 3.63) is 35.7 Å². The number of hydrogen-bond donors (Lipinski definition) is 1. The molecule has 1 aliphatic heterocycles. The van der Waals surface area contributed by atoms with Crippen LogP contribution in [-0.4, -0.2) is 29.8 Å². The molecule has 2 heterocycles. The van der Waals surface area contributed by atoms with E-state index in [-0.39, 0.29) is 5.41 Å². The molecule has 2 aliphatic carbocycles. The third-order valence-electron chi connectivity index (χ3n) is 6.65. The number of methoxy groups -OCH3 is 1. The molecule has 1 aromatic heterocycles. The first-order valence-corrected chi connectivity index (χ1v) is 9.77. The standard InChI is InChI=1S/C21H26N4O/c1-22-20-21(8-5-9-21)16-10-19(26-2)18(11-17(16)24-20)25-13-15(12-23-25)14-6-3-4-7-14/h10-14H,3-9H2,1-2H3,(H,22,24). The molecule has 1 N–H and O–H groups in total. The molecule has 2 saturated carbocycles. The van der Waals surface area contributed by atoms with Crippen molar-refractivity contribution >= 4 is 11.5 Å². The molecule has 136 valence electrons. The average Bonchev–Trinajstić information content (AvgIpc) is 3.35. The second kappa shape index (κ2) is 5.86. The smallest absolute Gasteiger partial charge is 0.144 e. The van der Waals surface area contributed by atoms with E-state index in [1.807, 2.05) is 17.9 Å². The van der Waals surface area contributed by atoms with E-state index in [1.54, 1.807) is 7.11 Å². The van der Waals surface area contributed by atoms with Crippen LogP contribution in [0.1, 0.15) is 62.0 Å². The summed E-state index contributed by atoms with van der Waals surface area (Å²) < 4.78 is 7.74. The number of aliphatic imine (C=N–C) groups is 1. The summed E-state index contributed by atoms with van der Waals surface area (Å²) in [5.74, 6) is 2.65. The Morgan fingerprint density at radius 3 is 2.69 bits per heavy atom. The monoisotopic (exact) mass is 350 g/mol. The molecule has 2 aromatic rings. The third-order valence-corrected chi connectivity index (χ3v) is 6.65. The number of amidine groups is 1. The minimum absolute atomic E-state index is 0.0784. The Morgan fingerprint density at radius 2 is 2.04 bits per heavy atom. The molecule has 1 aromatic carbocycles. The van der Waals surface area contributed by atoms with Crippen LogP contribution in [-0.2, 0) is 5.41 Å². The summed E-state index contributed by atoms with van der Waals surface area (Å²) in [6, 6.07) is 4.38. The quantitative estimate of drug-likeness (QED) is 0.892. The number of nitrogens with zero attached hydrogens (tertiary/aromatic N) is 3. The first-order chi connectivity index (χ1) is 12.7. The van der Waals surface area contributed by atoms with Gasteiger partial charge in [0.2, 0.25) is 0 Å². The van der Waals surface area contributed by atoms with Gasteiger partial charge in [0.1, 0.15) is 17.3 Å². The molecular weight excluding hydrogens is 324 g/mol. The number of hydrogen-bond acceptors (Lipinski definition) is 3. The van der Waals surface area contributed by atoms with Crippen LogP contribution in [0.5, 0.6) is 5.75 Å². The molecule has 0 saturated heterocycles. The molecule has 0 unspecified atom stereocenters. The Hall–Kier alpha value is -2.30. The number of benzene rings is 1. The zero-order chi connectivity index (χ0) is 17.7. The lowest BCUT2D eigenvalue weighted by molar-refractivity contribution is 0.344. The zero-order valence-corrected chi connectivity index (χ0v) is 15.6. The van der Waals surface area contributed by atoms with Crippen molar-refractivity contribution in [2.75, 3.05) is 19.5 Å². The van der Waals surface area contributed by atoms with Crippen molar-refractivity contribution in [3.63, 3.8) is 0 Å². The van der Waals surface area contributed by atoms with Gasteiger partial charge in [-0.05, 0) is 54.9 Å². The summed E-state index contributed by atoms with van der Waals surface area (Å²) >= 11 is 0. The molecule has 1 spiro atoms. The SMILES string of the molecule is CN=C1Nc2cc(-n3cc(C4CCCC4)cn3)c(OC)cc2C12CCC2. The number of aromatic nitrogens is 2. The Labute approximate surface area is 154 Å². The normalized spacial score (nSPS) is 22.5. The highest BCUT2D eigenvalue weighted by Gasteiger charge is 2.49. The molecule has 5 rings (SSSR count). The van der Waals surface area contributed by atoms with Gasteiger partial charge in [0.25, 0.3) is 0 Å². The van der Waals surface area contributed by atoms with E-state index in [1.165, 1.54) is 43.2 Å². The minimum atomic E-state index is 0.0784. The molecule has 2 fully saturated rings. The molecule has 0 bridgehead atoms. The summed E-state index contributed by atoms with van der Waals surface area (Å²) in [5, 5.41) is 8.21. The zero-order valence-electron chi connectivity index (χ0n) is 15.6. The summed E-state index contributed by atoms with van der Waals surface area (Å²) in [7, 11) is 3.63. The summed E-state index contributed by atoms with van der Waals surface area (Å²) in [6.45, 7) is 0. The lowest BCUT2D eigenvalue weighted by Gasteiger charge is -2.38. The largest absolute Gasteiger partial charge is 0.494 e.